The monoisotopic (exact) mass is 180 g/mol. The second kappa shape index (κ2) is 4.71. The molecule has 0 amide bonds. The minimum Gasteiger partial charge on any atom is -0.481 e. The first-order chi connectivity index (χ1) is 5.95. The molecule has 0 aromatic rings. The van der Waals surface area contributed by atoms with E-state index in [1.165, 1.54) is 0 Å². The molecule has 0 heterocycles. The largest absolute Gasteiger partial charge is 0.481 e. The molecule has 0 saturated heterocycles. The van der Waals surface area contributed by atoms with Gasteiger partial charge in [0.15, 0.2) is 0 Å². The molecular weight excluding hydrogens is 164 g/mol. The van der Waals surface area contributed by atoms with Crippen LogP contribution in [0.2, 0.25) is 0 Å². The number of carboxylic acid groups (broad SMARTS) is 1. The summed E-state index contributed by atoms with van der Waals surface area (Å²) in [5.41, 5.74) is -0.319. The molecule has 0 radical (unpaired) electrons. The normalized spacial score (nSPS) is 13.0. The van der Waals surface area contributed by atoms with Crippen molar-refractivity contribution < 1.29 is 9.90 Å². The van der Waals surface area contributed by atoms with Crippen molar-refractivity contribution in [2.75, 3.05) is 0 Å². The van der Waals surface area contributed by atoms with E-state index in [9.17, 15) is 4.79 Å². The Kier molecular flexibility index (Phi) is 4.27. The number of carbonyl (C=O) groups is 1. The van der Waals surface area contributed by atoms with Crippen molar-refractivity contribution in [2.24, 2.45) is 11.3 Å². The van der Waals surface area contributed by atoms with Crippen LogP contribution in [0, 0.1) is 23.7 Å². The van der Waals surface area contributed by atoms with E-state index < -0.39 is 11.9 Å². The van der Waals surface area contributed by atoms with Gasteiger partial charge in [0.1, 0.15) is 0 Å². The van der Waals surface area contributed by atoms with Gasteiger partial charge in [-0.25, -0.2) is 0 Å². The zero-order valence-electron chi connectivity index (χ0n) is 8.21. The molecule has 2 heteroatoms. The third-order valence-corrected chi connectivity index (χ3v) is 2.23. The molecule has 2 nitrogen and oxygen atoms in total. The maximum atomic E-state index is 10.9. The molecule has 0 aromatic carbocycles. The Labute approximate surface area is 79.7 Å². The van der Waals surface area contributed by atoms with Crippen LogP contribution in [0.15, 0.2) is 12.7 Å². The number of carboxylic acids is 1. The Morgan fingerprint density at radius 2 is 2.31 bits per heavy atom. The first kappa shape index (κ1) is 11.8. The van der Waals surface area contributed by atoms with Crippen molar-refractivity contribution in [2.45, 2.75) is 26.7 Å². The van der Waals surface area contributed by atoms with Gasteiger partial charge in [0.25, 0.3) is 0 Å². The molecule has 0 saturated carbocycles. The van der Waals surface area contributed by atoms with Crippen LogP contribution in [0.1, 0.15) is 26.7 Å². The summed E-state index contributed by atoms with van der Waals surface area (Å²) in [6.45, 7) is 7.39. The lowest BCUT2D eigenvalue weighted by Gasteiger charge is -2.28. The maximum absolute atomic E-state index is 10.9. The summed E-state index contributed by atoms with van der Waals surface area (Å²) in [5, 5.41) is 8.94. The van der Waals surface area contributed by atoms with E-state index >= 15 is 0 Å². The number of allylic oxidation sites excluding steroid dienone is 1. The van der Waals surface area contributed by atoms with Gasteiger partial charge in [0, 0.05) is 6.42 Å². The topological polar surface area (TPSA) is 37.3 Å². The molecule has 1 atom stereocenters. The van der Waals surface area contributed by atoms with Gasteiger partial charge in [0.05, 0.1) is 5.92 Å². The molecule has 0 rings (SSSR count). The number of hydrogen-bond acceptors (Lipinski definition) is 1. The average molecular weight is 180 g/mol. The Morgan fingerprint density at radius 1 is 1.77 bits per heavy atom. The van der Waals surface area contributed by atoms with Crippen LogP contribution in [0.25, 0.3) is 0 Å². The quantitative estimate of drug-likeness (QED) is 0.520. The standard InChI is InChI=1S/C11H16O2/c1-5-7-9(10(12)13)11(3,4)8-6-2/h1,6,9H,2,7-8H2,3-4H3,(H,12,13). The highest BCUT2D eigenvalue weighted by Crippen LogP contribution is 2.33. The van der Waals surface area contributed by atoms with Crippen LogP contribution in [0.4, 0.5) is 0 Å². The highest BCUT2D eigenvalue weighted by atomic mass is 16.4. The summed E-state index contributed by atoms with van der Waals surface area (Å²) in [7, 11) is 0. The molecule has 0 spiro atoms. The molecule has 1 unspecified atom stereocenters. The molecule has 72 valence electrons. The Hall–Kier alpha value is -1.23. The van der Waals surface area contributed by atoms with Gasteiger partial charge < -0.3 is 5.11 Å². The van der Waals surface area contributed by atoms with E-state index in [1.807, 2.05) is 13.8 Å². The van der Waals surface area contributed by atoms with Gasteiger partial charge in [-0.15, -0.1) is 18.9 Å². The molecule has 0 aliphatic carbocycles. The summed E-state index contributed by atoms with van der Waals surface area (Å²) in [4.78, 5) is 10.9. The predicted molar refractivity (Wildman–Crippen MR) is 53.2 cm³/mol. The fraction of sp³-hybridized carbons (Fsp3) is 0.545. The van der Waals surface area contributed by atoms with Crippen LogP contribution < -0.4 is 0 Å². The SMILES string of the molecule is C#CCC(C(=O)O)C(C)(C)CC=C. The van der Waals surface area contributed by atoms with Gasteiger partial charge in [-0.1, -0.05) is 19.9 Å². The Bertz CT molecular complexity index is 233. The first-order valence-electron chi connectivity index (χ1n) is 4.23. The summed E-state index contributed by atoms with van der Waals surface area (Å²) in [5.74, 6) is 1.08. The van der Waals surface area contributed by atoms with Crippen LogP contribution >= 0.6 is 0 Å². The molecule has 1 N–H and O–H groups in total. The molecule has 0 fully saturated rings. The average Bonchev–Trinajstić information content (AvgIpc) is 1.99. The highest BCUT2D eigenvalue weighted by Gasteiger charge is 2.33. The Balaban J connectivity index is 4.62. The van der Waals surface area contributed by atoms with E-state index in [2.05, 4.69) is 12.5 Å². The van der Waals surface area contributed by atoms with Gasteiger partial charge in [-0.3, -0.25) is 4.79 Å². The summed E-state index contributed by atoms with van der Waals surface area (Å²) in [6.07, 6.45) is 7.78. The smallest absolute Gasteiger partial charge is 0.308 e. The number of hydrogen-bond donors (Lipinski definition) is 1. The molecule has 0 bridgehead atoms. The highest BCUT2D eigenvalue weighted by molar-refractivity contribution is 5.71. The Morgan fingerprint density at radius 3 is 2.62 bits per heavy atom. The maximum Gasteiger partial charge on any atom is 0.308 e. The van der Waals surface area contributed by atoms with E-state index in [0.29, 0.717) is 6.42 Å². The second-order valence-electron chi connectivity index (χ2n) is 3.78. The van der Waals surface area contributed by atoms with Gasteiger partial charge in [-0.05, 0) is 11.8 Å². The summed E-state index contributed by atoms with van der Waals surface area (Å²) < 4.78 is 0. The lowest BCUT2D eigenvalue weighted by Crippen LogP contribution is -2.30. The molecule has 0 aromatic heterocycles. The van der Waals surface area contributed by atoms with Crippen molar-refractivity contribution in [1.82, 2.24) is 0 Å². The van der Waals surface area contributed by atoms with Crippen molar-refractivity contribution >= 4 is 5.97 Å². The van der Waals surface area contributed by atoms with Crippen molar-refractivity contribution in [3.63, 3.8) is 0 Å². The minimum absolute atomic E-state index is 0.274. The second-order valence-corrected chi connectivity index (χ2v) is 3.78. The van der Waals surface area contributed by atoms with E-state index in [4.69, 9.17) is 11.5 Å². The van der Waals surface area contributed by atoms with Crippen molar-refractivity contribution in [3.8, 4) is 12.3 Å². The van der Waals surface area contributed by atoms with E-state index in [1.54, 1.807) is 6.08 Å². The van der Waals surface area contributed by atoms with Crippen LogP contribution in [0.3, 0.4) is 0 Å². The fourth-order valence-electron chi connectivity index (χ4n) is 1.33. The van der Waals surface area contributed by atoms with Crippen LogP contribution in [0.5, 0.6) is 0 Å². The van der Waals surface area contributed by atoms with Gasteiger partial charge in [0.2, 0.25) is 0 Å². The molecule has 0 aliphatic heterocycles. The van der Waals surface area contributed by atoms with Gasteiger partial charge >= 0.3 is 5.97 Å². The molecule has 13 heavy (non-hydrogen) atoms. The predicted octanol–water partition coefficient (Wildman–Crippen LogP) is 2.31. The van der Waals surface area contributed by atoms with E-state index in [0.717, 1.165) is 0 Å². The molecule has 0 aliphatic rings. The third kappa shape index (κ3) is 3.33. The van der Waals surface area contributed by atoms with Crippen LogP contribution in [-0.4, -0.2) is 11.1 Å². The third-order valence-electron chi connectivity index (χ3n) is 2.23. The van der Waals surface area contributed by atoms with E-state index in [-0.39, 0.29) is 11.8 Å². The van der Waals surface area contributed by atoms with Gasteiger partial charge in [-0.2, -0.15) is 0 Å². The zero-order valence-corrected chi connectivity index (χ0v) is 8.21. The van der Waals surface area contributed by atoms with Crippen molar-refractivity contribution in [1.29, 1.82) is 0 Å². The number of terminal acetylenes is 1. The zero-order chi connectivity index (χ0) is 10.5. The lowest BCUT2D eigenvalue weighted by atomic mass is 9.75. The van der Waals surface area contributed by atoms with Crippen molar-refractivity contribution in [3.05, 3.63) is 12.7 Å². The molecular formula is C11H16O2. The van der Waals surface area contributed by atoms with Crippen LogP contribution in [-0.2, 0) is 4.79 Å². The number of aliphatic carboxylic acids is 1. The fourth-order valence-corrected chi connectivity index (χ4v) is 1.33. The summed E-state index contributed by atoms with van der Waals surface area (Å²) in [6, 6.07) is 0. The first-order valence-corrected chi connectivity index (χ1v) is 4.23. The number of rotatable bonds is 5. The minimum atomic E-state index is -0.829. The lowest BCUT2D eigenvalue weighted by molar-refractivity contribution is -0.145. The summed E-state index contributed by atoms with van der Waals surface area (Å²) >= 11 is 0.